The molecule has 2 nitrogen and oxygen atoms in total. The third-order valence-electron chi connectivity index (χ3n) is 2.22. The van der Waals surface area contributed by atoms with E-state index in [0.29, 0.717) is 5.92 Å². The van der Waals surface area contributed by atoms with Crippen molar-refractivity contribution in [2.75, 3.05) is 0 Å². The minimum atomic E-state index is 0. The Bertz CT molecular complexity index is 255. The largest absolute Gasteiger partial charge is 0.465 e. The first kappa shape index (κ1) is 9.62. The van der Waals surface area contributed by atoms with Crippen LogP contribution in [0.4, 0.5) is 0 Å². The molecule has 1 atom stereocenters. The molecule has 68 valence electrons. The summed E-state index contributed by atoms with van der Waals surface area (Å²) in [4.78, 5) is 0. The summed E-state index contributed by atoms with van der Waals surface area (Å²) >= 11 is 0. The van der Waals surface area contributed by atoms with Crippen molar-refractivity contribution in [1.29, 1.82) is 0 Å². The van der Waals surface area contributed by atoms with Crippen LogP contribution in [0, 0.1) is 12.8 Å². The molecule has 0 spiro atoms. The number of halogens is 1. The first-order chi connectivity index (χ1) is 5.27. The van der Waals surface area contributed by atoms with Gasteiger partial charge in [-0.25, -0.2) is 0 Å². The highest BCUT2D eigenvalue weighted by Crippen LogP contribution is 2.39. The fourth-order valence-electron chi connectivity index (χ4n) is 1.32. The Morgan fingerprint density at radius 3 is 2.58 bits per heavy atom. The van der Waals surface area contributed by atoms with Gasteiger partial charge in [0.15, 0.2) is 0 Å². The van der Waals surface area contributed by atoms with Crippen LogP contribution in [-0.2, 0) is 0 Å². The van der Waals surface area contributed by atoms with Gasteiger partial charge in [0.05, 0.1) is 6.04 Å². The van der Waals surface area contributed by atoms with E-state index >= 15 is 0 Å². The number of hydrogen-bond acceptors (Lipinski definition) is 2. The smallest absolute Gasteiger partial charge is 0.121 e. The molecule has 0 saturated heterocycles. The highest BCUT2D eigenvalue weighted by atomic mass is 35.5. The average Bonchev–Trinajstić information content (AvgIpc) is 2.74. The zero-order chi connectivity index (χ0) is 7.84. The Morgan fingerprint density at radius 2 is 2.17 bits per heavy atom. The normalized spacial score (nSPS) is 18.5. The van der Waals surface area contributed by atoms with Gasteiger partial charge in [-0.2, -0.15) is 0 Å². The van der Waals surface area contributed by atoms with Crippen LogP contribution in [0.1, 0.15) is 30.4 Å². The molecular formula is C9H14ClNO. The van der Waals surface area contributed by atoms with Gasteiger partial charge in [-0.1, -0.05) is 0 Å². The second-order valence-electron chi connectivity index (χ2n) is 3.31. The molecule has 3 heteroatoms. The van der Waals surface area contributed by atoms with Crippen molar-refractivity contribution in [2.24, 2.45) is 11.7 Å². The second kappa shape index (κ2) is 3.50. The van der Waals surface area contributed by atoms with Crippen molar-refractivity contribution >= 4 is 12.4 Å². The van der Waals surface area contributed by atoms with Crippen LogP contribution in [0.3, 0.4) is 0 Å². The minimum absolute atomic E-state index is 0. The maximum Gasteiger partial charge on any atom is 0.121 e. The van der Waals surface area contributed by atoms with E-state index in [1.807, 2.05) is 19.1 Å². The zero-order valence-electron chi connectivity index (χ0n) is 7.12. The second-order valence-corrected chi connectivity index (χ2v) is 3.31. The molecule has 1 aromatic heterocycles. The van der Waals surface area contributed by atoms with E-state index in [1.54, 1.807) is 0 Å². The van der Waals surface area contributed by atoms with Gasteiger partial charge in [-0.3, -0.25) is 0 Å². The molecule has 1 aromatic rings. The van der Waals surface area contributed by atoms with Gasteiger partial charge in [0, 0.05) is 0 Å². The van der Waals surface area contributed by atoms with Gasteiger partial charge in [0.2, 0.25) is 0 Å². The first-order valence-electron chi connectivity index (χ1n) is 4.09. The standard InChI is InChI=1S/C9H13NO.ClH/c1-6-2-5-8(11-6)9(10)7-3-4-7;/h2,5,7,9H,3-4,10H2,1H3;1H/t9-;/m1./s1. The summed E-state index contributed by atoms with van der Waals surface area (Å²) in [6.07, 6.45) is 2.53. The molecule has 0 bridgehead atoms. The van der Waals surface area contributed by atoms with Crippen LogP contribution >= 0.6 is 12.4 Å². The Morgan fingerprint density at radius 1 is 1.50 bits per heavy atom. The number of rotatable bonds is 2. The maximum atomic E-state index is 5.92. The van der Waals surface area contributed by atoms with Gasteiger partial charge in [-0.05, 0) is 37.8 Å². The van der Waals surface area contributed by atoms with Gasteiger partial charge < -0.3 is 10.2 Å². The van der Waals surface area contributed by atoms with E-state index in [1.165, 1.54) is 12.8 Å². The Balaban J connectivity index is 0.000000720. The highest BCUT2D eigenvalue weighted by molar-refractivity contribution is 5.85. The van der Waals surface area contributed by atoms with E-state index in [2.05, 4.69) is 0 Å². The Hall–Kier alpha value is -0.470. The number of nitrogens with two attached hydrogens (primary N) is 1. The van der Waals surface area contributed by atoms with Crippen LogP contribution in [-0.4, -0.2) is 0 Å². The predicted octanol–water partition coefficient (Wildman–Crippen LogP) is 2.42. The van der Waals surface area contributed by atoms with Crippen molar-refractivity contribution in [3.63, 3.8) is 0 Å². The summed E-state index contributed by atoms with van der Waals surface area (Å²) in [6, 6.07) is 4.10. The van der Waals surface area contributed by atoms with E-state index in [0.717, 1.165) is 11.5 Å². The van der Waals surface area contributed by atoms with Gasteiger partial charge >= 0.3 is 0 Å². The van der Waals surface area contributed by atoms with E-state index in [-0.39, 0.29) is 18.4 Å². The first-order valence-corrected chi connectivity index (χ1v) is 4.09. The lowest BCUT2D eigenvalue weighted by molar-refractivity contribution is 0.426. The van der Waals surface area contributed by atoms with Gasteiger partial charge in [0.25, 0.3) is 0 Å². The van der Waals surface area contributed by atoms with Crippen molar-refractivity contribution in [3.05, 3.63) is 23.7 Å². The fraction of sp³-hybridized carbons (Fsp3) is 0.556. The number of furan rings is 1. The molecule has 2 rings (SSSR count). The maximum absolute atomic E-state index is 5.92. The van der Waals surface area contributed by atoms with Crippen LogP contribution < -0.4 is 5.73 Å². The molecule has 1 fully saturated rings. The highest BCUT2D eigenvalue weighted by Gasteiger charge is 2.31. The lowest BCUT2D eigenvalue weighted by Crippen LogP contribution is -2.10. The predicted molar refractivity (Wildman–Crippen MR) is 50.3 cm³/mol. The average molecular weight is 188 g/mol. The molecule has 0 aliphatic heterocycles. The number of aryl methyl sites for hydroxylation is 1. The van der Waals surface area contributed by atoms with Crippen LogP contribution in [0.25, 0.3) is 0 Å². The zero-order valence-corrected chi connectivity index (χ0v) is 7.93. The summed E-state index contributed by atoms with van der Waals surface area (Å²) in [7, 11) is 0. The SMILES string of the molecule is Cc1ccc([C@H](N)C2CC2)o1.Cl. The topological polar surface area (TPSA) is 39.2 Å². The van der Waals surface area contributed by atoms with Crippen molar-refractivity contribution in [3.8, 4) is 0 Å². The van der Waals surface area contributed by atoms with E-state index < -0.39 is 0 Å². The van der Waals surface area contributed by atoms with Crippen LogP contribution in [0.5, 0.6) is 0 Å². The molecule has 2 N–H and O–H groups in total. The van der Waals surface area contributed by atoms with Crippen molar-refractivity contribution in [1.82, 2.24) is 0 Å². The molecule has 1 aliphatic carbocycles. The monoisotopic (exact) mass is 187 g/mol. The van der Waals surface area contributed by atoms with Crippen molar-refractivity contribution in [2.45, 2.75) is 25.8 Å². The molecule has 1 saturated carbocycles. The van der Waals surface area contributed by atoms with Crippen LogP contribution in [0.2, 0.25) is 0 Å². The lowest BCUT2D eigenvalue weighted by atomic mass is 10.1. The van der Waals surface area contributed by atoms with E-state index in [4.69, 9.17) is 10.2 Å². The van der Waals surface area contributed by atoms with Gasteiger partial charge in [0.1, 0.15) is 11.5 Å². The van der Waals surface area contributed by atoms with Crippen molar-refractivity contribution < 1.29 is 4.42 Å². The summed E-state index contributed by atoms with van der Waals surface area (Å²) < 4.78 is 5.42. The van der Waals surface area contributed by atoms with Crippen LogP contribution in [0.15, 0.2) is 16.5 Å². The summed E-state index contributed by atoms with van der Waals surface area (Å²) in [6.45, 7) is 1.95. The molecule has 1 aliphatic rings. The molecule has 0 unspecified atom stereocenters. The fourth-order valence-corrected chi connectivity index (χ4v) is 1.32. The minimum Gasteiger partial charge on any atom is -0.465 e. The molecule has 12 heavy (non-hydrogen) atoms. The Kier molecular flexibility index (Phi) is 2.80. The molecule has 0 radical (unpaired) electrons. The number of hydrogen-bond donors (Lipinski definition) is 1. The van der Waals surface area contributed by atoms with Gasteiger partial charge in [-0.15, -0.1) is 12.4 Å². The lowest BCUT2D eigenvalue weighted by Gasteiger charge is -2.04. The summed E-state index contributed by atoms with van der Waals surface area (Å²) in [5, 5.41) is 0. The molecular weight excluding hydrogens is 174 g/mol. The summed E-state index contributed by atoms with van der Waals surface area (Å²) in [5.74, 6) is 2.58. The molecule has 0 aromatic carbocycles. The third kappa shape index (κ3) is 1.82. The quantitative estimate of drug-likeness (QED) is 0.773. The summed E-state index contributed by atoms with van der Waals surface area (Å²) in [5.41, 5.74) is 5.92. The van der Waals surface area contributed by atoms with E-state index in [9.17, 15) is 0 Å². The third-order valence-corrected chi connectivity index (χ3v) is 2.22. The Labute approximate surface area is 78.5 Å². The molecule has 1 heterocycles. The molecule has 0 amide bonds.